The lowest BCUT2D eigenvalue weighted by Crippen LogP contribution is -2.29. The summed E-state index contributed by atoms with van der Waals surface area (Å²) in [6, 6.07) is 1.97. The number of carboxylic acid groups (broad SMARTS) is 1. The third kappa shape index (κ3) is 2.72. The Bertz CT molecular complexity index is 404. The number of nitrogens with zero attached hydrogens (tertiary/aromatic N) is 3. The van der Waals surface area contributed by atoms with Crippen LogP contribution in [0, 0.1) is 0 Å². The normalized spacial score (nSPS) is 14.6. The van der Waals surface area contributed by atoms with Gasteiger partial charge >= 0.3 is 5.97 Å². The molecule has 1 fully saturated rings. The van der Waals surface area contributed by atoms with Crippen molar-refractivity contribution in [2.75, 3.05) is 11.4 Å². The first-order valence-corrected chi connectivity index (χ1v) is 6.05. The van der Waals surface area contributed by atoms with Crippen LogP contribution in [0.2, 0.25) is 0 Å². The summed E-state index contributed by atoms with van der Waals surface area (Å²) in [5.74, 6) is -0.409. The van der Waals surface area contributed by atoms with Crippen LogP contribution in [0.3, 0.4) is 0 Å². The summed E-state index contributed by atoms with van der Waals surface area (Å²) < 4.78 is 0. The van der Waals surface area contributed by atoms with Gasteiger partial charge in [0.05, 0.1) is 6.20 Å². The molecule has 0 amide bonds. The molecule has 1 saturated carbocycles. The summed E-state index contributed by atoms with van der Waals surface area (Å²) in [4.78, 5) is 13.2. The zero-order chi connectivity index (χ0) is 12.3. The largest absolute Gasteiger partial charge is 0.478 e. The fraction of sp³-hybridized carbons (Fsp3) is 0.583. The van der Waals surface area contributed by atoms with Crippen molar-refractivity contribution < 1.29 is 9.90 Å². The Balaban J connectivity index is 2.25. The summed E-state index contributed by atoms with van der Waals surface area (Å²) in [5.41, 5.74) is 0.253. The van der Waals surface area contributed by atoms with Crippen molar-refractivity contribution in [3.05, 3.63) is 17.8 Å². The quantitative estimate of drug-likeness (QED) is 0.816. The molecule has 2 rings (SSSR count). The van der Waals surface area contributed by atoms with E-state index in [4.69, 9.17) is 5.11 Å². The molecule has 0 aliphatic heterocycles. The molecule has 0 saturated heterocycles. The molecule has 0 bridgehead atoms. The summed E-state index contributed by atoms with van der Waals surface area (Å²) in [6.07, 6.45) is 5.81. The second kappa shape index (κ2) is 5.12. The van der Waals surface area contributed by atoms with E-state index in [0.717, 1.165) is 32.2 Å². The van der Waals surface area contributed by atoms with E-state index in [2.05, 4.69) is 22.0 Å². The third-order valence-corrected chi connectivity index (χ3v) is 2.94. The molecule has 0 radical (unpaired) electrons. The van der Waals surface area contributed by atoms with Gasteiger partial charge in [0.15, 0.2) is 5.82 Å². The number of hydrogen-bond acceptors (Lipinski definition) is 4. The first kappa shape index (κ1) is 11.8. The minimum Gasteiger partial charge on any atom is -0.478 e. The number of carbonyl (C=O) groups is 1. The lowest BCUT2D eigenvalue weighted by Gasteiger charge is -2.23. The van der Waals surface area contributed by atoms with E-state index in [1.807, 2.05) is 0 Å². The average Bonchev–Trinajstić information content (AvgIpc) is 3.14. The highest BCUT2D eigenvalue weighted by molar-refractivity contribution is 5.93. The molecular weight excluding hydrogens is 218 g/mol. The number of rotatable bonds is 6. The molecule has 92 valence electrons. The van der Waals surface area contributed by atoms with Gasteiger partial charge in [-0.05, 0) is 25.3 Å². The first-order valence-electron chi connectivity index (χ1n) is 6.05. The molecule has 0 unspecified atom stereocenters. The van der Waals surface area contributed by atoms with Gasteiger partial charge in [0.1, 0.15) is 5.56 Å². The molecule has 5 heteroatoms. The van der Waals surface area contributed by atoms with Crippen molar-refractivity contribution in [2.45, 2.75) is 38.6 Å². The molecule has 1 N–H and O–H groups in total. The van der Waals surface area contributed by atoms with Crippen molar-refractivity contribution in [1.82, 2.24) is 10.2 Å². The van der Waals surface area contributed by atoms with E-state index < -0.39 is 5.97 Å². The van der Waals surface area contributed by atoms with E-state index >= 15 is 0 Å². The van der Waals surface area contributed by atoms with E-state index in [-0.39, 0.29) is 5.56 Å². The Morgan fingerprint density at radius 3 is 2.94 bits per heavy atom. The number of anilines is 1. The second-order valence-corrected chi connectivity index (χ2v) is 4.35. The van der Waals surface area contributed by atoms with Gasteiger partial charge in [-0.15, -0.1) is 5.10 Å². The third-order valence-electron chi connectivity index (χ3n) is 2.94. The van der Waals surface area contributed by atoms with Crippen LogP contribution < -0.4 is 4.90 Å². The van der Waals surface area contributed by atoms with Crippen LogP contribution in [0.15, 0.2) is 12.3 Å². The van der Waals surface area contributed by atoms with Gasteiger partial charge in [-0.1, -0.05) is 13.3 Å². The van der Waals surface area contributed by atoms with Crippen molar-refractivity contribution >= 4 is 11.8 Å². The summed E-state index contributed by atoms with van der Waals surface area (Å²) in [6.45, 7) is 2.99. The molecule has 1 aliphatic rings. The van der Waals surface area contributed by atoms with Crippen LogP contribution in [0.5, 0.6) is 0 Å². The topological polar surface area (TPSA) is 66.3 Å². The minimum atomic E-state index is -0.933. The van der Waals surface area contributed by atoms with Gasteiger partial charge < -0.3 is 10.0 Å². The van der Waals surface area contributed by atoms with Crippen LogP contribution >= 0.6 is 0 Å². The number of unbranched alkanes of at least 4 members (excludes halogenated alkanes) is 1. The Morgan fingerprint density at radius 2 is 2.35 bits per heavy atom. The lowest BCUT2D eigenvalue weighted by atomic mass is 10.2. The van der Waals surface area contributed by atoms with Crippen molar-refractivity contribution in [2.24, 2.45) is 0 Å². The zero-order valence-electron chi connectivity index (χ0n) is 9.96. The molecule has 1 aromatic heterocycles. The highest BCUT2D eigenvalue weighted by atomic mass is 16.4. The van der Waals surface area contributed by atoms with Crippen LogP contribution in [-0.4, -0.2) is 33.9 Å². The van der Waals surface area contributed by atoms with E-state index in [9.17, 15) is 4.79 Å². The van der Waals surface area contributed by atoms with Gasteiger partial charge in [-0.25, -0.2) is 4.79 Å². The minimum absolute atomic E-state index is 0.253. The number of hydrogen-bond donors (Lipinski definition) is 1. The fourth-order valence-corrected chi connectivity index (χ4v) is 1.88. The monoisotopic (exact) mass is 235 g/mol. The van der Waals surface area contributed by atoms with E-state index in [0.29, 0.717) is 11.9 Å². The van der Waals surface area contributed by atoms with Gasteiger partial charge in [0.2, 0.25) is 0 Å². The van der Waals surface area contributed by atoms with Gasteiger partial charge in [-0.2, -0.15) is 5.10 Å². The SMILES string of the molecule is CCCCN(c1nnccc1C(=O)O)C1CC1. The molecule has 0 atom stereocenters. The predicted octanol–water partition coefficient (Wildman–Crippen LogP) is 1.94. The molecule has 5 nitrogen and oxygen atoms in total. The Kier molecular flexibility index (Phi) is 3.56. The zero-order valence-corrected chi connectivity index (χ0v) is 9.96. The smallest absolute Gasteiger partial charge is 0.339 e. The predicted molar refractivity (Wildman–Crippen MR) is 64.3 cm³/mol. The Labute approximate surface area is 100 Å². The summed E-state index contributed by atoms with van der Waals surface area (Å²) >= 11 is 0. The van der Waals surface area contributed by atoms with Crippen molar-refractivity contribution in [1.29, 1.82) is 0 Å². The maximum absolute atomic E-state index is 11.1. The second-order valence-electron chi connectivity index (χ2n) is 4.35. The molecule has 1 aliphatic carbocycles. The van der Waals surface area contributed by atoms with Crippen LogP contribution in [0.1, 0.15) is 43.0 Å². The number of aromatic carboxylic acids is 1. The standard InChI is InChI=1S/C12H17N3O2/c1-2-3-8-15(9-4-5-9)11-10(12(16)17)6-7-13-14-11/h6-7,9H,2-5,8H2,1H3,(H,16,17). The summed E-state index contributed by atoms with van der Waals surface area (Å²) in [5, 5.41) is 17.0. The molecule has 1 aromatic rings. The highest BCUT2D eigenvalue weighted by Crippen LogP contribution is 2.32. The molecule has 0 aromatic carbocycles. The highest BCUT2D eigenvalue weighted by Gasteiger charge is 2.32. The molecule has 1 heterocycles. The maximum atomic E-state index is 11.1. The van der Waals surface area contributed by atoms with E-state index in [1.54, 1.807) is 0 Å². The Morgan fingerprint density at radius 1 is 1.59 bits per heavy atom. The van der Waals surface area contributed by atoms with Gasteiger partial charge in [0.25, 0.3) is 0 Å². The molecule has 17 heavy (non-hydrogen) atoms. The van der Waals surface area contributed by atoms with Gasteiger partial charge in [-0.3, -0.25) is 0 Å². The van der Waals surface area contributed by atoms with Crippen LogP contribution in [0.4, 0.5) is 5.82 Å². The fourth-order valence-electron chi connectivity index (χ4n) is 1.88. The number of carboxylic acids is 1. The first-order chi connectivity index (χ1) is 8.24. The molecule has 0 spiro atoms. The lowest BCUT2D eigenvalue weighted by molar-refractivity contribution is 0.0697. The Hall–Kier alpha value is -1.65. The van der Waals surface area contributed by atoms with Gasteiger partial charge in [0, 0.05) is 12.6 Å². The number of aromatic nitrogens is 2. The maximum Gasteiger partial charge on any atom is 0.339 e. The van der Waals surface area contributed by atoms with Crippen molar-refractivity contribution in [3.63, 3.8) is 0 Å². The van der Waals surface area contributed by atoms with Crippen molar-refractivity contribution in [3.8, 4) is 0 Å². The summed E-state index contributed by atoms with van der Waals surface area (Å²) in [7, 11) is 0. The van der Waals surface area contributed by atoms with Crippen LogP contribution in [-0.2, 0) is 0 Å². The van der Waals surface area contributed by atoms with Crippen LogP contribution in [0.25, 0.3) is 0 Å². The average molecular weight is 235 g/mol. The van der Waals surface area contributed by atoms with E-state index in [1.165, 1.54) is 12.3 Å². The molecular formula is C12H17N3O2.